The molecule has 0 spiro atoms. The highest BCUT2D eigenvalue weighted by molar-refractivity contribution is 14.1. The first-order valence-electron chi connectivity index (χ1n) is 4.07. The lowest BCUT2D eigenvalue weighted by Crippen LogP contribution is -1.88. The van der Waals surface area contributed by atoms with Gasteiger partial charge >= 0.3 is 0 Å². The van der Waals surface area contributed by atoms with Crippen LogP contribution < -0.4 is 0 Å². The number of hydrogen-bond donors (Lipinski definition) is 0. The van der Waals surface area contributed by atoms with E-state index in [0.29, 0.717) is 11.3 Å². The molecule has 5 heteroatoms. The van der Waals surface area contributed by atoms with Crippen molar-refractivity contribution in [2.24, 2.45) is 0 Å². The van der Waals surface area contributed by atoms with E-state index in [4.69, 9.17) is 0 Å². The minimum Gasteiger partial charge on any atom is -0.298 e. The second kappa shape index (κ2) is 4.36. The normalized spacial score (nSPS) is 10.3. The van der Waals surface area contributed by atoms with Crippen molar-refractivity contribution in [1.82, 2.24) is 4.37 Å². The molecule has 2 aromatic rings. The molecule has 0 aliphatic rings. The van der Waals surface area contributed by atoms with E-state index in [0.717, 1.165) is 15.4 Å². The van der Waals surface area contributed by atoms with Crippen molar-refractivity contribution >= 4 is 40.4 Å². The Balaban J connectivity index is 2.59. The van der Waals surface area contributed by atoms with Gasteiger partial charge in [0.2, 0.25) is 0 Å². The molecule has 0 aliphatic heterocycles. The van der Waals surface area contributed by atoms with Crippen molar-refractivity contribution in [3.8, 4) is 11.3 Å². The van der Waals surface area contributed by atoms with Crippen LogP contribution in [0.2, 0.25) is 0 Å². The fourth-order valence-electron chi connectivity index (χ4n) is 1.21. The smallest absolute Gasteiger partial charge is 0.153 e. The summed E-state index contributed by atoms with van der Waals surface area (Å²) in [6, 6.07) is 4.43. The fourth-order valence-corrected chi connectivity index (χ4v) is 2.59. The van der Waals surface area contributed by atoms with Crippen LogP contribution in [0, 0.1) is 9.39 Å². The van der Waals surface area contributed by atoms with E-state index in [1.807, 2.05) is 22.6 Å². The van der Waals surface area contributed by atoms with Gasteiger partial charge in [-0.2, -0.15) is 4.37 Å². The van der Waals surface area contributed by atoms with Crippen LogP contribution in [0.15, 0.2) is 23.6 Å². The zero-order valence-electron chi connectivity index (χ0n) is 7.41. The quantitative estimate of drug-likeness (QED) is 0.623. The summed E-state index contributed by atoms with van der Waals surface area (Å²) in [7, 11) is 0. The Morgan fingerprint density at radius 2 is 2.27 bits per heavy atom. The van der Waals surface area contributed by atoms with E-state index in [1.54, 1.807) is 11.4 Å². The number of aromatic nitrogens is 1. The molecule has 1 aromatic carbocycles. The van der Waals surface area contributed by atoms with Crippen molar-refractivity contribution in [2.45, 2.75) is 0 Å². The molecule has 15 heavy (non-hydrogen) atoms. The zero-order valence-corrected chi connectivity index (χ0v) is 10.4. The molecule has 2 rings (SSSR count). The molecule has 0 bridgehead atoms. The number of carbonyl (C=O) groups is 1. The van der Waals surface area contributed by atoms with Crippen LogP contribution in [0.25, 0.3) is 11.3 Å². The van der Waals surface area contributed by atoms with Gasteiger partial charge in [0.1, 0.15) is 5.82 Å². The van der Waals surface area contributed by atoms with Crippen LogP contribution in [0.4, 0.5) is 4.39 Å². The molecular weight excluding hydrogens is 328 g/mol. The minimum absolute atomic E-state index is 0.286. The summed E-state index contributed by atoms with van der Waals surface area (Å²) in [5.74, 6) is -0.286. The van der Waals surface area contributed by atoms with Crippen LogP contribution in [-0.2, 0) is 0 Å². The van der Waals surface area contributed by atoms with Crippen LogP contribution in [0.5, 0.6) is 0 Å². The number of carbonyl (C=O) groups excluding carboxylic acids is 1. The first-order chi connectivity index (χ1) is 7.22. The van der Waals surface area contributed by atoms with E-state index in [9.17, 15) is 9.18 Å². The molecule has 0 amide bonds. The van der Waals surface area contributed by atoms with E-state index in [-0.39, 0.29) is 5.82 Å². The van der Waals surface area contributed by atoms with Gasteiger partial charge in [-0.05, 0) is 52.3 Å². The van der Waals surface area contributed by atoms with Crippen LogP contribution in [-0.4, -0.2) is 10.7 Å². The summed E-state index contributed by atoms with van der Waals surface area (Å²) < 4.78 is 17.8. The molecule has 1 heterocycles. The largest absolute Gasteiger partial charge is 0.298 e. The lowest BCUT2D eigenvalue weighted by Gasteiger charge is -2.01. The van der Waals surface area contributed by atoms with Crippen LogP contribution in [0.3, 0.4) is 0 Å². The molecule has 0 radical (unpaired) electrons. The highest BCUT2D eigenvalue weighted by Crippen LogP contribution is 2.27. The summed E-state index contributed by atoms with van der Waals surface area (Å²) in [6.07, 6.45) is 0.762. The first kappa shape index (κ1) is 10.7. The van der Waals surface area contributed by atoms with Gasteiger partial charge in [0.15, 0.2) is 6.29 Å². The Hall–Kier alpha value is -0.820. The van der Waals surface area contributed by atoms with Gasteiger partial charge in [-0.3, -0.25) is 4.79 Å². The predicted octanol–water partition coefficient (Wildman–Crippen LogP) is 3.37. The lowest BCUT2D eigenvalue weighted by atomic mass is 10.1. The molecule has 1 aromatic heterocycles. The highest BCUT2D eigenvalue weighted by atomic mass is 127. The summed E-state index contributed by atoms with van der Waals surface area (Å²) >= 11 is 3.25. The molecule has 76 valence electrons. The second-order valence-corrected chi connectivity index (χ2v) is 4.65. The summed E-state index contributed by atoms with van der Waals surface area (Å²) in [4.78, 5) is 10.7. The molecule has 0 fully saturated rings. The number of benzene rings is 1. The average molecular weight is 333 g/mol. The molecule has 0 aliphatic carbocycles. The number of nitrogens with zero attached hydrogens (tertiary/aromatic N) is 1. The van der Waals surface area contributed by atoms with E-state index in [1.165, 1.54) is 23.7 Å². The van der Waals surface area contributed by atoms with E-state index in [2.05, 4.69) is 4.37 Å². The first-order valence-corrected chi connectivity index (χ1v) is 5.99. The number of halogens is 2. The zero-order chi connectivity index (χ0) is 10.8. The van der Waals surface area contributed by atoms with Crippen molar-refractivity contribution in [3.05, 3.63) is 38.5 Å². The third-order valence-electron chi connectivity index (χ3n) is 1.91. The van der Waals surface area contributed by atoms with Crippen LogP contribution in [0.1, 0.15) is 10.4 Å². The third-order valence-corrected chi connectivity index (χ3v) is 3.45. The molecule has 0 atom stereocenters. The van der Waals surface area contributed by atoms with Gasteiger partial charge in [-0.15, -0.1) is 0 Å². The maximum Gasteiger partial charge on any atom is 0.153 e. The summed E-state index contributed by atoms with van der Waals surface area (Å²) in [6.45, 7) is 0. The Labute approximate surface area is 103 Å². The average Bonchev–Trinajstić information content (AvgIpc) is 2.65. The molecule has 2 nitrogen and oxygen atoms in total. The third kappa shape index (κ3) is 2.07. The number of hydrogen-bond acceptors (Lipinski definition) is 3. The number of rotatable bonds is 2. The molecule has 0 saturated carbocycles. The van der Waals surface area contributed by atoms with Crippen molar-refractivity contribution in [3.63, 3.8) is 0 Å². The van der Waals surface area contributed by atoms with E-state index < -0.39 is 0 Å². The lowest BCUT2D eigenvalue weighted by molar-refractivity contribution is 0.112. The van der Waals surface area contributed by atoms with Gasteiger partial charge in [0.25, 0.3) is 0 Å². The SMILES string of the molecule is O=Cc1csnc1-c1ccc(F)cc1I. The predicted molar refractivity (Wildman–Crippen MR) is 65.6 cm³/mol. The van der Waals surface area contributed by atoms with Gasteiger partial charge in [-0.1, -0.05) is 0 Å². The van der Waals surface area contributed by atoms with Crippen molar-refractivity contribution in [2.75, 3.05) is 0 Å². The minimum atomic E-state index is -0.286. The van der Waals surface area contributed by atoms with Gasteiger partial charge in [0, 0.05) is 14.5 Å². The Morgan fingerprint density at radius 1 is 1.47 bits per heavy atom. The number of aldehydes is 1. The molecule has 0 unspecified atom stereocenters. The summed E-state index contributed by atoms with van der Waals surface area (Å²) in [5.41, 5.74) is 1.96. The topological polar surface area (TPSA) is 30.0 Å². The molecule has 0 N–H and O–H groups in total. The Morgan fingerprint density at radius 3 is 2.93 bits per heavy atom. The Bertz CT molecular complexity index is 512. The van der Waals surface area contributed by atoms with Gasteiger partial charge < -0.3 is 0 Å². The highest BCUT2D eigenvalue weighted by Gasteiger charge is 2.11. The standard InChI is InChI=1S/C10H5FINOS/c11-7-1-2-8(9(12)3-7)10-6(4-14)5-15-13-10/h1-5H. The molecular formula is C10H5FINOS. The summed E-state index contributed by atoms with van der Waals surface area (Å²) in [5, 5.41) is 1.68. The Kier molecular flexibility index (Phi) is 3.11. The van der Waals surface area contributed by atoms with Crippen LogP contribution >= 0.6 is 34.1 Å². The van der Waals surface area contributed by atoms with Gasteiger partial charge in [-0.25, -0.2) is 4.39 Å². The second-order valence-electron chi connectivity index (χ2n) is 2.86. The van der Waals surface area contributed by atoms with Crippen molar-refractivity contribution in [1.29, 1.82) is 0 Å². The maximum absolute atomic E-state index is 12.9. The maximum atomic E-state index is 12.9. The van der Waals surface area contributed by atoms with E-state index >= 15 is 0 Å². The monoisotopic (exact) mass is 333 g/mol. The fraction of sp³-hybridized carbons (Fsp3) is 0. The van der Waals surface area contributed by atoms with Crippen molar-refractivity contribution < 1.29 is 9.18 Å². The molecule has 0 saturated heterocycles. The van der Waals surface area contributed by atoms with Gasteiger partial charge in [0.05, 0.1) is 11.3 Å².